The first-order valence-corrected chi connectivity index (χ1v) is 6.12. The number of aromatic nitrogens is 1. The van der Waals surface area contributed by atoms with Gasteiger partial charge < -0.3 is 9.64 Å². The van der Waals surface area contributed by atoms with Crippen LogP contribution in [0.25, 0.3) is 10.8 Å². The van der Waals surface area contributed by atoms with Crippen molar-refractivity contribution in [3.8, 4) is 5.88 Å². The van der Waals surface area contributed by atoms with Gasteiger partial charge in [0.1, 0.15) is 0 Å². The lowest BCUT2D eigenvalue weighted by Crippen LogP contribution is -2.06. The van der Waals surface area contributed by atoms with Crippen molar-refractivity contribution in [3.63, 3.8) is 0 Å². The van der Waals surface area contributed by atoms with Crippen LogP contribution in [-0.2, 0) is 0 Å². The first kappa shape index (κ1) is 10.5. The van der Waals surface area contributed by atoms with E-state index in [2.05, 4.69) is 22.0 Å². The summed E-state index contributed by atoms with van der Waals surface area (Å²) in [5, 5.41) is 2.28. The molecule has 0 amide bonds. The van der Waals surface area contributed by atoms with Gasteiger partial charge in [-0.15, -0.1) is 0 Å². The summed E-state index contributed by atoms with van der Waals surface area (Å²) in [6, 6.07) is 10.2. The second-order valence-electron chi connectivity index (χ2n) is 4.38. The zero-order valence-corrected chi connectivity index (χ0v) is 9.80. The molecule has 1 aliphatic heterocycles. The molecule has 0 saturated carbocycles. The molecule has 3 rings (SSSR count). The van der Waals surface area contributed by atoms with E-state index in [-0.39, 0.29) is 0 Å². The highest BCUT2D eigenvalue weighted by atomic mass is 16.5. The second kappa shape index (κ2) is 4.72. The predicted molar refractivity (Wildman–Crippen MR) is 68.3 cm³/mol. The summed E-state index contributed by atoms with van der Waals surface area (Å²) in [6.45, 7) is 4.40. The Hall–Kier alpha value is -1.61. The van der Waals surface area contributed by atoms with Gasteiger partial charge in [-0.2, -0.15) is 0 Å². The van der Waals surface area contributed by atoms with E-state index in [1.165, 1.54) is 18.5 Å². The smallest absolute Gasteiger partial charge is 0.221 e. The van der Waals surface area contributed by atoms with Crippen LogP contribution in [0, 0.1) is 0 Å². The van der Waals surface area contributed by atoms with Gasteiger partial charge in [0.15, 0.2) is 0 Å². The third-order valence-electron chi connectivity index (χ3n) is 3.03. The maximum Gasteiger partial charge on any atom is 0.221 e. The Labute approximate surface area is 101 Å². The Bertz CT molecular complexity index is 503. The monoisotopic (exact) mass is 228 g/mol. The van der Waals surface area contributed by atoms with Gasteiger partial charge in [0.05, 0.1) is 6.61 Å². The van der Waals surface area contributed by atoms with Gasteiger partial charge in [0, 0.05) is 31.2 Å². The quantitative estimate of drug-likeness (QED) is 0.580. The van der Waals surface area contributed by atoms with Crippen LogP contribution >= 0.6 is 0 Å². The topological polar surface area (TPSA) is 25.1 Å². The molecule has 0 unspecified atom stereocenters. The highest BCUT2D eigenvalue weighted by Crippen LogP contribution is 2.22. The van der Waals surface area contributed by atoms with E-state index in [9.17, 15) is 0 Å². The van der Waals surface area contributed by atoms with E-state index < -0.39 is 0 Å². The SMILES string of the molecule is c1ccc2c(OCCCN3CC3)nccc2c1. The Balaban J connectivity index is 1.66. The summed E-state index contributed by atoms with van der Waals surface area (Å²) < 4.78 is 5.76. The summed E-state index contributed by atoms with van der Waals surface area (Å²) in [6.07, 6.45) is 2.88. The van der Waals surface area contributed by atoms with Crippen molar-refractivity contribution in [3.05, 3.63) is 36.5 Å². The van der Waals surface area contributed by atoms with Crippen LogP contribution in [0.5, 0.6) is 5.88 Å². The molecule has 88 valence electrons. The first-order valence-electron chi connectivity index (χ1n) is 6.12. The standard InChI is InChI=1S/C14H16N2O/c1-2-5-13-12(4-1)6-7-15-14(13)17-11-3-8-16-9-10-16/h1-2,4-7H,3,8-11H2. The maximum absolute atomic E-state index is 5.76. The molecule has 0 aliphatic carbocycles. The molecule has 0 spiro atoms. The van der Waals surface area contributed by atoms with Crippen molar-refractivity contribution in [2.75, 3.05) is 26.2 Å². The molecule has 1 aromatic carbocycles. The molecule has 1 saturated heterocycles. The summed E-state index contributed by atoms with van der Waals surface area (Å²) in [7, 11) is 0. The number of hydrogen-bond acceptors (Lipinski definition) is 3. The van der Waals surface area contributed by atoms with Gasteiger partial charge >= 0.3 is 0 Å². The average molecular weight is 228 g/mol. The number of rotatable bonds is 5. The molecule has 2 heterocycles. The average Bonchev–Trinajstić information content (AvgIpc) is 3.19. The number of nitrogens with zero attached hydrogens (tertiary/aromatic N) is 2. The summed E-state index contributed by atoms with van der Waals surface area (Å²) in [5.41, 5.74) is 0. The molecular weight excluding hydrogens is 212 g/mol. The van der Waals surface area contributed by atoms with Crippen LogP contribution in [0.3, 0.4) is 0 Å². The van der Waals surface area contributed by atoms with Crippen LogP contribution in [0.15, 0.2) is 36.5 Å². The lowest BCUT2D eigenvalue weighted by molar-refractivity contribution is 0.292. The number of hydrogen-bond donors (Lipinski definition) is 0. The summed E-state index contributed by atoms with van der Waals surface area (Å²) in [5.74, 6) is 0.758. The third-order valence-corrected chi connectivity index (χ3v) is 3.03. The molecule has 1 aliphatic rings. The molecule has 0 bridgehead atoms. The molecule has 0 N–H and O–H groups in total. The van der Waals surface area contributed by atoms with E-state index in [0.29, 0.717) is 0 Å². The van der Waals surface area contributed by atoms with E-state index in [0.717, 1.165) is 30.8 Å². The summed E-state index contributed by atoms with van der Waals surface area (Å²) in [4.78, 5) is 6.71. The van der Waals surface area contributed by atoms with Crippen molar-refractivity contribution in [1.82, 2.24) is 9.88 Å². The van der Waals surface area contributed by atoms with Crippen LogP contribution in [-0.4, -0.2) is 36.1 Å². The molecule has 1 fully saturated rings. The van der Waals surface area contributed by atoms with Gasteiger partial charge in [0.25, 0.3) is 0 Å². The molecule has 17 heavy (non-hydrogen) atoms. The Morgan fingerprint density at radius 1 is 1.18 bits per heavy atom. The Kier molecular flexibility index (Phi) is 2.92. The number of fused-ring (bicyclic) bond motifs is 1. The number of pyridine rings is 1. The fourth-order valence-electron chi connectivity index (χ4n) is 1.96. The molecule has 0 atom stereocenters. The van der Waals surface area contributed by atoms with Gasteiger partial charge in [-0.05, 0) is 23.9 Å². The minimum atomic E-state index is 0.748. The van der Waals surface area contributed by atoms with E-state index >= 15 is 0 Å². The van der Waals surface area contributed by atoms with Gasteiger partial charge in [-0.25, -0.2) is 4.98 Å². The second-order valence-corrected chi connectivity index (χ2v) is 4.38. The van der Waals surface area contributed by atoms with Crippen molar-refractivity contribution in [2.45, 2.75) is 6.42 Å². The summed E-state index contributed by atoms with van der Waals surface area (Å²) >= 11 is 0. The molecule has 3 heteroatoms. The number of benzene rings is 1. The molecule has 2 aromatic rings. The largest absolute Gasteiger partial charge is 0.477 e. The lowest BCUT2D eigenvalue weighted by Gasteiger charge is -2.08. The van der Waals surface area contributed by atoms with Crippen LogP contribution < -0.4 is 4.74 Å². The van der Waals surface area contributed by atoms with Gasteiger partial charge in [-0.1, -0.05) is 18.2 Å². The lowest BCUT2D eigenvalue weighted by atomic mass is 10.2. The molecule has 3 nitrogen and oxygen atoms in total. The van der Waals surface area contributed by atoms with Crippen molar-refractivity contribution < 1.29 is 4.74 Å². The molecule has 1 aromatic heterocycles. The van der Waals surface area contributed by atoms with Gasteiger partial charge in [0.2, 0.25) is 5.88 Å². The highest BCUT2D eigenvalue weighted by Gasteiger charge is 2.15. The first-order chi connectivity index (χ1) is 8.43. The third kappa shape index (κ3) is 2.56. The number of ether oxygens (including phenoxy) is 1. The van der Waals surface area contributed by atoms with E-state index in [1.807, 2.05) is 24.4 Å². The minimum absolute atomic E-state index is 0.748. The van der Waals surface area contributed by atoms with Crippen LogP contribution in [0.4, 0.5) is 0 Å². The van der Waals surface area contributed by atoms with Crippen molar-refractivity contribution in [1.29, 1.82) is 0 Å². The van der Waals surface area contributed by atoms with Crippen LogP contribution in [0.1, 0.15) is 6.42 Å². The highest BCUT2D eigenvalue weighted by molar-refractivity contribution is 5.86. The fraction of sp³-hybridized carbons (Fsp3) is 0.357. The molecule has 0 radical (unpaired) electrons. The van der Waals surface area contributed by atoms with Crippen molar-refractivity contribution >= 4 is 10.8 Å². The predicted octanol–water partition coefficient (Wildman–Crippen LogP) is 2.32. The Morgan fingerprint density at radius 2 is 2.06 bits per heavy atom. The fourth-order valence-corrected chi connectivity index (χ4v) is 1.96. The zero-order chi connectivity index (χ0) is 11.5. The normalized spacial score (nSPS) is 15.1. The van der Waals surface area contributed by atoms with Gasteiger partial charge in [-0.3, -0.25) is 0 Å². The zero-order valence-electron chi connectivity index (χ0n) is 9.80. The van der Waals surface area contributed by atoms with E-state index in [1.54, 1.807) is 0 Å². The Morgan fingerprint density at radius 3 is 2.94 bits per heavy atom. The molecular formula is C14H16N2O. The maximum atomic E-state index is 5.76. The van der Waals surface area contributed by atoms with E-state index in [4.69, 9.17) is 4.74 Å². The minimum Gasteiger partial charge on any atom is -0.477 e. The van der Waals surface area contributed by atoms with Crippen molar-refractivity contribution in [2.24, 2.45) is 0 Å². The van der Waals surface area contributed by atoms with Crippen LogP contribution in [0.2, 0.25) is 0 Å².